The summed E-state index contributed by atoms with van der Waals surface area (Å²) in [5.41, 5.74) is -0.939. The van der Waals surface area contributed by atoms with Crippen LogP contribution in [-0.4, -0.2) is 33.6 Å². The van der Waals surface area contributed by atoms with Gasteiger partial charge in [-0.1, -0.05) is 13.8 Å². The maximum atomic E-state index is 11.7. The molecule has 0 aliphatic heterocycles. The van der Waals surface area contributed by atoms with E-state index in [-0.39, 0.29) is 6.61 Å². The fourth-order valence-electron chi connectivity index (χ4n) is 0.951. The van der Waals surface area contributed by atoms with Crippen LogP contribution >= 0.6 is 10.7 Å². The molecule has 0 amide bonds. The second kappa shape index (κ2) is 4.88. The lowest BCUT2D eigenvalue weighted by Gasteiger charge is -2.22. The molecule has 0 aliphatic rings. The van der Waals surface area contributed by atoms with Crippen molar-refractivity contribution in [1.29, 1.82) is 0 Å². The SMILES string of the molecule is CC(C)(COCC(F)(F)F)CS(=O)(=O)Cl. The predicted molar refractivity (Wildman–Crippen MR) is 50.3 cm³/mol. The Labute approximate surface area is 91.0 Å². The third-order valence-electron chi connectivity index (χ3n) is 1.32. The summed E-state index contributed by atoms with van der Waals surface area (Å²) >= 11 is 0. The Kier molecular flexibility index (Phi) is 4.88. The van der Waals surface area contributed by atoms with Crippen LogP contribution in [0.25, 0.3) is 0 Å². The van der Waals surface area contributed by atoms with Crippen LogP contribution in [-0.2, 0) is 13.8 Å². The van der Waals surface area contributed by atoms with E-state index in [4.69, 9.17) is 10.7 Å². The fourth-order valence-corrected chi connectivity index (χ4v) is 2.85. The van der Waals surface area contributed by atoms with Crippen LogP contribution in [0, 0.1) is 5.41 Å². The molecule has 0 aromatic heterocycles. The molecule has 0 fully saturated rings. The smallest absolute Gasteiger partial charge is 0.371 e. The standard InChI is InChI=1S/C7H12ClF3O3S/c1-6(2,5-15(8,12)13)3-14-4-7(9,10)11/h3-5H2,1-2H3. The van der Waals surface area contributed by atoms with Gasteiger partial charge in [-0.3, -0.25) is 0 Å². The molecule has 0 unspecified atom stereocenters. The van der Waals surface area contributed by atoms with Crippen LogP contribution < -0.4 is 0 Å². The molecule has 15 heavy (non-hydrogen) atoms. The Hall–Kier alpha value is -0.0100. The van der Waals surface area contributed by atoms with Crippen molar-refractivity contribution in [2.75, 3.05) is 19.0 Å². The van der Waals surface area contributed by atoms with Crippen molar-refractivity contribution in [1.82, 2.24) is 0 Å². The topological polar surface area (TPSA) is 43.4 Å². The second-order valence-corrected chi connectivity index (χ2v) is 6.73. The van der Waals surface area contributed by atoms with Gasteiger partial charge in [0, 0.05) is 16.1 Å². The molecule has 0 saturated heterocycles. The third-order valence-corrected chi connectivity index (χ3v) is 2.78. The first-order valence-corrected chi connectivity index (χ1v) is 6.46. The lowest BCUT2D eigenvalue weighted by molar-refractivity contribution is -0.178. The van der Waals surface area contributed by atoms with Crippen LogP contribution in [0.3, 0.4) is 0 Å². The molecule has 8 heteroatoms. The zero-order valence-electron chi connectivity index (χ0n) is 8.27. The predicted octanol–water partition coefficient (Wildman–Crippen LogP) is 2.16. The average molecular weight is 269 g/mol. The average Bonchev–Trinajstić information content (AvgIpc) is 1.75. The van der Waals surface area contributed by atoms with Crippen LogP contribution in [0.2, 0.25) is 0 Å². The summed E-state index contributed by atoms with van der Waals surface area (Å²) in [5, 5.41) is 0. The Morgan fingerprint density at radius 2 is 1.67 bits per heavy atom. The Morgan fingerprint density at radius 3 is 2.00 bits per heavy atom. The van der Waals surface area contributed by atoms with Crippen molar-refractivity contribution < 1.29 is 26.3 Å². The molecule has 0 aliphatic carbocycles. The Balaban J connectivity index is 4.06. The van der Waals surface area contributed by atoms with E-state index < -0.39 is 33.0 Å². The molecule has 92 valence electrons. The normalized spacial score (nSPS) is 14.3. The number of halogens is 4. The van der Waals surface area contributed by atoms with Crippen molar-refractivity contribution in [3.63, 3.8) is 0 Å². The summed E-state index contributed by atoms with van der Waals surface area (Å²) in [4.78, 5) is 0. The van der Waals surface area contributed by atoms with E-state index in [9.17, 15) is 21.6 Å². The van der Waals surface area contributed by atoms with Gasteiger partial charge in [-0.15, -0.1) is 0 Å². The molecule has 0 radical (unpaired) electrons. The molecular weight excluding hydrogens is 257 g/mol. The van der Waals surface area contributed by atoms with E-state index in [1.165, 1.54) is 13.8 Å². The number of rotatable bonds is 5. The van der Waals surface area contributed by atoms with Gasteiger partial charge in [0.2, 0.25) is 9.05 Å². The maximum Gasteiger partial charge on any atom is 0.411 e. The third kappa shape index (κ3) is 10.3. The first-order chi connectivity index (χ1) is 6.41. The van der Waals surface area contributed by atoms with E-state index in [0.717, 1.165) is 0 Å². The van der Waals surface area contributed by atoms with E-state index in [1.807, 2.05) is 0 Å². The molecule has 0 bridgehead atoms. The molecule has 0 heterocycles. The van der Waals surface area contributed by atoms with Crippen LogP contribution in [0.4, 0.5) is 13.2 Å². The highest BCUT2D eigenvalue weighted by Crippen LogP contribution is 2.22. The molecule has 0 atom stereocenters. The van der Waals surface area contributed by atoms with Gasteiger partial charge in [0.05, 0.1) is 12.4 Å². The summed E-state index contributed by atoms with van der Waals surface area (Å²) < 4.78 is 60.8. The molecule has 3 nitrogen and oxygen atoms in total. The summed E-state index contributed by atoms with van der Waals surface area (Å²) in [6, 6.07) is 0. The van der Waals surface area contributed by atoms with E-state index >= 15 is 0 Å². The molecule has 0 spiro atoms. The van der Waals surface area contributed by atoms with Crippen molar-refractivity contribution in [2.24, 2.45) is 5.41 Å². The summed E-state index contributed by atoms with van der Waals surface area (Å²) in [7, 11) is 1.24. The highest BCUT2D eigenvalue weighted by molar-refractivity contribution is 8.13. The zero-order valence-corrected chi connectivity index (χ0v) is 9.84. The van der Waals surface area contributed by atoms with Gasteiger partial charge in [0.25, 0.3) is 0 Å². The first-order valence-electron chi connectivity index (χ1n) is 3.98. The molecule has 0 N–H and O–H groups in total. The van der Waals surface area contributed by atoms with Crippen LogP contribution in [0.1, 0.15) is 13.8 Å². The molecule has 0 saturated carbocycles. The molecule has 0 aromatic carbocycles. The van der Waals surface area contributed by atoms with Gasteiger partial charge in [-0.2, -0.15) is 13.2 Å². The quantitative estimate of drug-likeness (QED) is 0.718. The van der Waals surface area contributed by atoms with Gasteiger partial charge >= 0.3 is 6.18 Å². The lowest BCUT2D eigenvalue weighted by atomic mass is 9.98. The Bertz CT molecular complexity index is 297. The lowest BCUT2D eigenvalue weighted by Crippen LogP contribution is -2.29. The minimum Gasteiger partial charge on any atom is -0.371 e. The van der Waals surface area contributed by atoms with Crippen molar-refractivity contribution in [3.05, 3.63) is 0 Å². The highest BCUT2D eigenvalue weighted by atomic mass is 35.7. The molecule has 0 aromatic rings. The minimum atomic E-state index is -4.41. The molecule has 0 rings (SSSR count). The first kappa shape index (κ1) is 15.0. The van der Waals surface area contributed by atoms with E-state index in [0.29, 0.717) is 0 Å². The summed E-state index contributed by atoms with van der Waals surface area (Å²) in [6.45, 7) is 1.21. The van der Waals surface area contributed by atoms with Gasteiger partial charge in [0.15, 0.2) is 0 Å². The number of alkyl halides is 3. The largest absolute Gasteiger partial charge is 0.411 e. The fraction of sp³-hybridized carbons (Fsp3) is 1.00. The van der Waals surface area contributed by atoms with Gasteiger partial charge in [-0.05, 0) is 0 Å². The van der Waals surface area contributed by atoms with Crippen molar-refractivity contribution >= 4 is 19.7 Å². The summed E-state index contributed by atoms with van der Waals surface area (Å²) in [5.74, 6) is -0.431. The zero-order chi connectivity index (χ0) is 12.3. The van der Waals surface area contributed by atoms with Crippen molar-refractivity contribution in [2.45, 2.75) is 20.0 Å². The minimum absolute atomic E-state index is 0.321. The van der Waals surface area contributed by atoms with Crippen molar-refractivity contribution in [3.8, 4) is 0 Å². The molecular formula is C7H12ClF3O3S. The van der Waals surface area contributed by atoms with E-state index in [1.54, 1.807) is 0 Å². The number of ether oxygens (including phenoxy) is 1. The monoisotopic (exact) mass is 268 g/mol. The second-order valence-electron chi connectivity index (χ2n) is 3.96. The van der Waals surface area contributed by atoms with Gasteiger partial charge in [0.1, 0.15) is 6.61 Å². The number of hydrogen-bond acceptors (Lipinski definition) is 3. The highest BCUT2D eigenvalue weighted by Gasteiger charge is 2.30. The Morgan fingerprint density at radius 1 is 1.20 bits per heavy atom. The van der Waals surface area contributed by atoms with Crippen LogP contribution in [0.15, 0.2) is 0 Å². The maximum absolute atomic E-state index is 11.7. The summed E-state index contributed by atoms with van der Waals surface area (Å²) in [6.07, 6.45) is -4.41. The van der Waals surface area contributed by atoms with Crippen LogP contribution in [0.5, 0.6) is 0 Å². The number of hydrogen-bond donors (Lipinski definition) is 0. The van der Waals surface area contributed by atoms with Gasteiger partial charge < -0.3 is 4.74 Å². The van der Waals surface area contributed by atoms with E-state index in [2.05, 4.69) is 4.74 Å². The van der Waals surface area contributed by atoms with Gasteiger partial charge in [-0.25, -0.2) is 8.42 Å².